The van der Waals surface area contributed by atoms with Crippen LogP contribution in [-0.4, -0.2) is 37.1 Å². The summed E-state index contributed by atoms with van der Waals surface area (Å²) in [5.74, 6) is -0.243. The Morgan fingerprint density at radius 2 is 1.89 bits per heavy atom. The summed E-state index contributed by atoms with van der Waals surface area (Å²) in [5, 5.41) is 0. The standard InChI is InChI=1S/C16H21NO2/c1-2-14-6-8-15(9-7-14)16(18)19-13-12-17-10-4-3-5-11-17/h2,6-9H,1,3-5,10-13H2. The monoisotopic (exact) mass is 259 g/mol. The van der Waals surface area contributed by atoms with E-state index in [2.05, 4.69) is 11.5 Å². The number of rotatable bonds is 5. The molecule has 1 saturated heterocycles. The highest BCUT2D eigenvalue weighted by atomic mass is 16.5. The van der Waals surface area contributed by atoms with Gasteiger partial charge < -0.3 is 4.74 Å². The molecule has 0 aromatic heterocycles. The first-order valence-corrected chi connectivity index (χ1v) is 6.91. The molecule has 1 aromatic rings. The SMILES string of the molecule is C=Cc1ccc(C(=O)OCCN2CCCCC2)cc1. The molecule has 1 fully saturated rings. The van der Waals surface area contributed by atoms with Gasteiger partial charge in [0.25, 0.3) is 0 Å². The molecule has 0 spiro atoms. The van der Waals surface area contributed by atoms with Crippen molar-refractivity contribution in [3.63, 3.8) is 0 Å². The minimum absolute atomic E-state index is 0.243. The number of esters is 1. The van der Waals surface area contributed by atoms with Crippen LogP contribution in [0.5, 0.6) is 0 Å². The van der Waals surface area contributed by atoms with Crippen molar-refractivity contribution in [1.82, 2.24) is 4.90 Å². The maximum atomic E-state index is 11.8. The zero-order valence-electron chi connectivity index (χ0n) is 11.3. The molecule has 1 heterocycles. The van der Waals surface area contributed by atoms with Crippen molar-refractivity contribution in [2.45, 2.75) is 19.3 Å². The zero-order valence-corrected chi connectivity index (χ0v) is 11.3. The van der Waals surface area contributed by atoms with Crippen LogP contribution >= 0.6 is 0 Å². The number of hydrogen-bond donors (Lipinski definition) is 0. The van der Waals surface area contributed by atoms with E-state index in [9.17, 15) is 4.79 Å². The minimum Gasteiger partial charge on any atom is -0.461 e. The fourth-order valence-corrected chi connectivity index (χ4v) is 2.29. The van der Waals surface area contributed by atoms with E-state index in [0.717, 1.165) is 25.2 Å². The van der Waals surface area contributed by atoms with E-state index in [-0.39, 0.29) is 5.97 Å². The first-order chi connectivity index (χ1) is 9.29. The normalized spacial score (nSPS) is 16.0. The van der Waals surface area contributed by atoms with E-state index in [1.807, 2.05) is 12.1 Å². The van der Waals surface area contributed by atoms with E-state index < -0.39 is 0 Å². The highest BCUT2D eigenvalue weighted by Gasteiger charge is 2.11. The summed E-state index contributed by atoms with van der Waals surface area (Å²) in [6, 6.07) is 7.29. The van der Waals surface area contributed by atoms with Gasteiger partial charge in [0, 0.05) is 6.54 Å². The fourth-order valence-electron chi connectivity index (χ4n) is 2.29. The molecule has 0 unspecified atom stereocenters. The van der Waals surface area contributed by atoms with Crippen LogP contribution in [0.1, 0.15) is 35.2 Å². The number of benzene rings is 1. The molecule has 19 heavy (non-hydrogen) atoms. The number of likely N-dealkylation sites (tertiary alicyclic amines) is 1. The maximum absolute atomic E-state index is 11.8. The molecule has 0 aliphatic carbocycles. The molecule has 3 heteroatoms. The van der Waals surface area contributed by atoms with Crippen LogP contribution < -0.4 is 0 Å². The first kappa shape index (κ1) is 13.8. The van der Waals surface area contributed by atoms with E-state index in [1.165, 1.54) is 19.3 Å². The summed E-state index contributed by atoms with van der Waals surface area (Å²) in [7, 11) is 0. The molecule has 3 nitrogen and oxygen atoms in total. The third kappa shape index (κ3) is 4.21. The average molecular weight is 259 g/mol. The second-order valence-corrected chi connectivity index (χ2v) is 4.86. The lowest BCUT2D eigenvalue weighted by Gasteiger charge is -2.25. The lowest BCUT2D eigenvalue weighted by atomic mass is 10.1. The van der Waals surface area contributed by atoms with E-state index in [1.54, 1.807) is 18.2 Å². The molecule has 102 valence electrons. The van der Waals surface area contributed by atoms with Gasteiger partial charge in [-0.2, -0.15) is 0 Å². The van der Waals surface area contributed by atoms with E-state index in [0.29, 0.717) is 12.2 Å². The van der Waals surface area contributed by atoms with Crippen LogP contribution in [-0.2, 0) is 4.74 Å². The molecule has 0 amide bonds. The third-order valence-corrected chi connectivity index (χ3v) is 3.47. The van der Waals surface area contributed by atoms with Gasteiger partial charge in [-0.1, -0.05) is 31.2 Å². The predicted octanol–water partition coefficient (Wildman–Crippen LogP) is 2.97. The number of piperidine rings is 1. The molecule has 0 radical (unpaired) electrons. The Morgan fingerprint density at radius 1 is 1.21 bits per heavy atom. The van der Waals surface area contributed by atoms with Crippen LogP contribution in [0.15, 0.2) is 30.8 Å². The van der Waals surface area contributed by atoms with Gasteiger partial charge in [-0.3, -0.25) is 4.90 Å². The lowest BCUT2D eigenvalue weighted by molar-refractivity contribution is 0.0452. The summed E-state index contributed by atoms with van der Waals surface area (Å²) in [6.07, 6.45) is 5.60. The van der Waals surface area contributed by atoms with Crippen LogP contribution in [0.2, 0.25) is 0 Å². The van der Waals surface area contributed by atoms with Crippen LogP contribution in [0.3, 0.4) is 0 Å². The van der Waals surface area contributed by atoms with Crippen molar-refractivity contribution < 1.29 is 9.53 Å². The highest BCUT2D eigenvalue weighted by molar-refractivity contribution is 5.89. The Hall–Kier alpha value is -1.61. The van der Waals surface area contributed by atoms with Gasteiger partial charge in [0.15, 0.2) is 0 Å². The quantitative estimate of drug-likeness (QED) is 0.761. The molecular formula is C16H21NO2. The topological polar surface area (TPSA) is 29.5 Å². The predicted molar refractivity (Wildman–Crippen MR) is 77.1 cm³/mol. The number of carbonyl (C=O) groups excluding carboxylic acids is 1. The number of carbonyl (C=O) groups is 1. The zero-order chi connectivity index (χ0) is 13.5. The van der Waals surface area contributed by atoms with Gasteiger partial charge in [0.2, 0.25) is 0 Å². The number of nitrogens with zero attached hydrogens (tertiary/aromatic N) is 1. The second-order valence-electron chi connectivity index (χ2n) is 4.86. The van der Waals surface area contributed by atoms with Crippen molar-refractivity contribution in [3.05, 3.63) is 42.0 Å². The second kappa shape index (κ2) is 7.10. The smallest absolute Gasteiger partial charge is 0.338 e. The summed E-state index contributed by atoms with van der Waals surface area (Å²) in [6.45, 7) is 7.26. The molecular weight excluding hydrogens is 238 g/mol. The Balaban J connectivity index is 1.75. The molecule has 2 rings (SSSR count). The number of hydrogen-bond acceptors (Lipinski definition) is 3. The first-order valence-electron chi connectivity index (χ1n) is 6.91. The highest BCUT2D eigenvalue weighted by Crippen LogP contribution is 2.09. The van der Waals surface area contributed by atoms with Crippen LogP contribution in [0.4, 0.5) is 0 Å². The average Bonchev–Trinajstić information content (AvgIpc) is 2.48. The molecule has 1 aliphatic rings. The molecule has 0 N–H and O–H groups in total. The maximum Gasteiger partial charge on any atom is 0.338 e. The van der Waals surface area contributed by atoms with E-state index in [4.69, 9.17) is 4.74 Å². The Kier molecular flexibility index (Phi) is 5.16. The van der Waals surface area contributed by atoms with Gasteiger partial charge in [-0.25, -0.2) is 4.79 Å². The molecule has 1 aliphatic heterocycles. The van der Waals surface area contributed by atoms with E-state index >= 15 is 0 Å². The molecule has 0 atom stereocenters. The Labute approximate surface area is 114 Å². The Morgan fingerprint density at radius 3 is 2.53 bits per heavy atom. The summed E-state index contributed by atoms with van der Waals surface area (Å²) < 4.78 is 5.30. The summed E-state index contributed by atoms with van der Waals surface area (Å²) in [5.41, 5.74) is 1.61. The van der Waals surface area contributed by atoms with Crippen LogP contribution in [0.25, 0.3) is 6.08 Å². The van der Waals surface area contributed by atoms with Gasteiger partial charge in [-0.05, 0) is 43.6 Å². The van der Waals surface area contributed by atoms with Crippen molar-refractivity contribution in [2.24, 2.45) is 0 Å². The van der Waals surface area contributed by atoms with Crippen LogP contribution in [0, 0.1) is 0 Å². The Bertz CT molecular complexity index is 419. The minimum atomic E-state index is -0.243. The molecule has 0 bridgehead atoms. The lowest BCUT2D eigenvalue weighted by Crippen LogP contribution is -2.33. The van der Waals surface area contributed by atoms with Gasteiger partial charge in [-0.15, -0.1) is 0 Å². The molecule has 1 aromatic carbocycles. The van der Waals surface area contributed by atoms with Crippen molar-refractivity contribution >= 4 is 12.0 Å². The number of ether oxygens (including phenoxy) is 1. The third-order valence-electron chi connectivity index (χ3n) is 3.47. The fraction of sp³-hybridized carbons (Fsp3) is 0.438. The van der Waals surface area contributed by atoms with Gasteiger partial charge >= 0.3 is 5.97 Å². The summed E-state index contributed by atoms with van der Waals surface area (Å²) >= 11 is 0. The van der Waals surface area contributed by atoms with Crippen molar-refractivity contribution in [3.8, 4) is 0 Å². The van der Waals surface area contributed by atoms with Crippen molar-refractivity contribution in [2.75, 3.05) is 26.2 Å². The van der Waals surface area contributed by atoms with Crippen molar-refractivity contribution in [1.29, 1.82) is 0 Å². The largest absolute Gasteiger partial charge is 0.461 e. The summed E-state index contributed by atoms with van der Waals surface area (Å²) in [4.78, 5) is 14.2. The van der Waals surface area contributed by atoms with Gasteiger partial charge in [0.1, 0.15) is 6.61 Å². The molecule has 0 saturated carbocycles. The van der Waals surface area contributed by atoms with Gasteiger partial charge in [0.05, 0.1) is 5.56 Å².